The predicted octanol–water partition coefficient (Wildman–Crippen LogP) is 3.68. The van der Waals surface area contributed by atoms with Crippen molar-refractivity contribution in [1.29, 1.82) is 0 Å². The molecule has 0 aromatic heterocycles. The summed E-state index contributed by atoms with van der Waals surface area (Å²) in [7, 11) is 0. The Morgan fingerprint density at radius 1 is 1.22 bits per heavy atom. The van der Waals surface area contributed by atoms with Gasteiger partial charge in [0, 0.05) is 16.1 Å². The zero-order valence-corrected chi connectivity index (χ0v) is 11.7. The largest absolute Gasteiger partial charge is 0.326 e. The van der Waals surface area contributed by atoms with Gasteiger partial charge in [0.1, 0.15) is 0 Å². The first-order valence-electron chi connectivity index (χ1n) is 6.80. The summed E-state index contributed by atoms with van der Waals surface area (Å²) < 4.78 is 1.01. The van der Waals surface area contributed by atoms with Crippen LogP contribution in [0.5, 0.6) is 0 Å². The van der Waals surface area contributed by atoms with Crippen LogP contribution in [0.15, 0.2) is 28.7 Å². The van der Waals surface area contributed by atoms with Gasteiger partial charge in [-0.1, -0.05) is 22.0 Å². The van der Waals surface area contributed by atoms with Gasteiger partial charge in [-0.05, 0) is 61.1 Å². The summed E-state index contributed by atoms with van der Waals surface area (Å²) in [6.07, 6.45) is 4.13. The highest BCUT2D eigenvalue weighted by Gasteiger charge is 2.67. The van der Waals surface area contributed by atoms with Gasteiger partial charge in [-0.15, -0.1) is 0 Å². The molecule has 2 bridgehead atoms. The molecule has 1 amide bonds. The number of carbonyl (C=O) groups excluding carboxylic acids is 1. The monoisotopic (exact) mass is 305 g/mol. The number of fused-ring (bicyclic) bond motifs is 5. The van der Waals surface area contributed by atoms with Crippen molar-refractivity contribution in [2.75, 3.05) is 5.32 Å². The van der Waals surface area contributed by atoms with Crippen LogP contribution in [-0.2, 0) is 4.79 Å². The van der Waals surface area contributed by atoms with Crippen LogP contribution in [-0.4, -0.2) is 5.91 Å². The SMILES string of the molecule is O=C(Nc1cccc(Br)c1)C1[C@@H]2[C@@H]3CC[C@H](C3)[C@@H]12. The van der Waals surface area contributed by atoms with Gasteiger partial charge in [-0.2, -0.15) is 0 Å². The van der Waals surface area contributed by atoms with Crippen molar-refractivity contribution in [3.05, 3.63) is 28.7 Å². The fourth-order valence-corrected chi connectivity index (χ4v) is 4.87. The molecule has 2 nitrogen and oxygen atoms in total. The van der Waals surface area contributed by atoms with E-state index in [1.807, 2.05) is 24.3 Å². The highest BCUT2D eigenvalue weighted by atomic mass is 79.9. The van der Waals surface area contributed by atoms with Crippen molar-refractivity contribution in [2.24, 2.45) is 29.6 Å². The van der Waals surface area contributed by atoms with Gasteiger partial charge in [0.2, 0.25) is 5.91 Å². The summed E-state index contributed by atoms with van der Waals surface area (Å²) in [5.74, 6) is 3.72. The van der Waals surface area contributed by atoms with Crippen LogP contribution in [0, 0.1) is 29.6 Å². The molecular weight excluding hydrogens is 290 g/mol. The molecule has 3 heteroatoms. The predicted molar refractivity (Wildman–Crippen MR) is 74.1 cm³/mol. The van der Waals surface area contributed by atoms with E-state index in [0.717, 1.165) is 33.8 Å². The minimum absolute atomic E-state index is 0.250. The summed E-state index contributed by atoms with van der Waals surface area (Å²) in [6, 6.07) is 7.85. The molecule has 3 fully saturated rings. The van der Waals surface area contributed by atoms with Gasteiger partial charge in [-0.3, -0.25) is 4.79 Å². The number of hydrogen-bond acceptors (Lipinski definition) is 1. The van der Waals surface area contributed by atoms with E-state index in [-0.39, 0.29) is 5.91 Å². The van der Waals surface area contributed by atoms with Gasteiger partial charge in [0.15, 0.2) is 0 Å². The molecule has 18 heavy (non-hydrogen) atoms. The molecule has 3 saturated carbocycles. The number of carbonyl (C=O) groups is 1. The van der Waals surface area contributed by atoms with Crippen molar-refractivity contribution in [3.8, 4) is 0 Å². The number of hydrogen-bond donors (Lipinski definition) is 1. The van der Waals surface area contributed by atoms with E-state index in [1.165, 1.54) is 19.3 Å². The lowest BCUT2D eigenvalue weighted by Crippen LogP contribution is -2.18. The minimum atomic E-state index is 0.250. The number of rotatable bonds is 2. The minimum Gasteiger partial charge on any atom is -0.326 e. The van der Waals surface area contributed by atoms with Crippen molar-refractivity contribution in [2.45, 2.75) is 19.3 Å². The third-order valence-corrected chi connectivity index (χ3v) is 5.62. The smallest absolute Gasteiger partial charge is 0.228 e. The fourth-order valence-electron chi connectivity index (χ4n) is 4.47. The van der Waals surface area contributed by atoms with E-state index in [1.54, 1.807) is 0 Å². The lowest BCUT2D eigenvalue weighted by atomic mass is 10.0. The van der Waals surface area contributed by atoms with E-state index in [2.05, 4.69) is 21.2 Å². The molecule has 1 aromatic rings. The second-order valence-corrected chi connectivity index (χ2v) is 6.93. The normalized spacial score (nSPS) is 39.5. The van der Waals surface area contributed by atoms with E-state index in [9.17, 15) is 4.79 Å². The maximum atomic E-state index is 12.3. The lowest BCUT2D eigenvalue weighted by Gasteiger charge is -2.09. The van der Waals surface area contributed by atoms with Crippen LogP contribution in [0.1, 0.15) is 19.3 Å². The molecule has 94 valence electrons. The number of nitrogens with one attached hydrogen (secondary N) is 1. The number of anilines is 1. The van der Waals surface area contributed by atoms with Gasteiger partial charge >= 0.3 is 0 Å². The quantitative estimate of drug-likeness (QED) is 0.887. The van der Waals surface area contributed by atoms with Crippen LogP contribution >= 0.6 is 15.9 Å². The van der Waals surface area contributed by atoms with Crippen LogP contribution in [0.4, 0.5) is 5.69 Å². The summed E-state index contributed by atoms with van der Waals surface area (Å²) >= 11 is 3.43. The topological polar surface area (TPSA) is 29.1 Å². The first kappa shape index (κ1) is 11.0. The first-order chi connectivity index (χ1) is 8.74. The molecule has 3 aliphatic rings. The Kier molecular flexibility index (Phi) is 2.35. The summed E-state index contributed by atoms with van der Waals surface area (Å²) in [4.78, 5) is 12.3. The van der Waals surface area contributed by atoms with Gasteiger partial charge in [0.25, 0.3) is 0 Å². The average Bonchev–Trinajstić information content (AvgIpc) is 2.79. The highest BCUT2D eigenvalue weighted by molar-refractivity contribution is 9.10. The maximum Gasteiger partial charge on any atom is 0.228 e. The molecule has 0 saturated heterocycles. The molecule has 0 aliphatic heterocycles. The van der Waals surface area contributed by atoms with E-state index in [0.29, 0.717) is 5.92 Å². The van der Waals surface area contributed by atoms with Crippen LogP contribution in [0.2, 0.25) is 0 Å². The maximum absolute atomic E-state index is 12.3. The fraction of sp³-hybridized carbons (Fsp3) is 0.533. The zero-order chi connectivity index (χ0) is 12.3. The van der Waals surface area contributed by atoms with Gasteiger partial charge < -0.3 is 5.32 Å². The van der Waals surface area contributed by atoms with Crippen molar-refractivity contribution in [3.63, 3.8) is 0 Å². The van der Waals surface area contributed by atoms with Crippen LogP contribution < -0.4 is 5.32 Å². The molecule has 1 N–H and O–H groups in total. The van der Waals surface area contributed by atoms with Crippen molar-refractivity contribution < 1.29 is 4.79 Å². The first-order valence-corrected chi connectivity index (χ1v) is 7.60. The zero-order valence-electron chi connectivity index (χ0n) is 10.1. The molecule has 3 aliphatic carbocycles. The van der Waals surface area contributed by atoms with Crippen molar-refractivity contribution >= 4 is 27.5 Å². The molecule has 0 unspecified atom stereocenters. The number of amides is 1. The Morgan fingerprint density at radius 2 is 1.94 bits per heavy atom. The standard InChI is InChI=1S/C15H16BrNO/c16-10-2-1-3-11(7-10)17-15(18)14-12-8-4-5-9(6-8)13(12)14/h1-3,7-9,12-14H,4-6H2,(H,17,18)/t8-,9-,12-,13-/m1/s1. The summed E-state index contributed by atoms with van der Waals surface area (Å²) in [6.45, 7) is 0. The molecule has 0 spiro atoms. The van der Waals surface area contributed by atoms with Crippen LogP contribution in [0.3, 0.4) is 0 Å². The molecule has 1 aromatic carbocycles. The molecule has 0 heterocycles. The van der Waals surface area contributed by atoms with Gasteiger partial charge in [-0.25, -0.2) is 0 Å². The molecule has 0 radical (unpaired) electrons. The second-order valence-electron chi connectivity index (χ2n) is 6.01. The van der Waals surface area contributed by atoms with Gasteiger partial charge in [0.05, 0.1) is 0 Å². The number of benzene rings is 1. The molecule has 4 atom stereocenters. The van der Waals surface area contributed by atoms with E-state index in [4.69, 9.17) is 0 Å². The van der Waals surface area contributed by atoms with Crippen LogP contribution in [0.25, 0.3) is 0 Å². The van der Waals surface area contributed by atoms with Crippen molar-refractivity contribution in [1.82, 2.24) is 0 Å². The summed E-state index contributed by atoms with van der Waals surface area (Å²) in [5, 5.41) is 3.07. The average molecular weight is 306 g/mol. The Morgan fingerprint density at radius 3 is 2.61 bits per heavy atom. The van der Waals surface area contributed by atoms with E-state index < -0.39 is 0 Å². The lowest BCUT2D eigenvalue weighted by molar-refractivity contribution is -0.118. The highest BCUT2D eigenvalue weighted by Crippen LogP contribution is 2.69. The Hall–Kier alpha value is -0.830. The third kappa shape index (κ3) is 1.56. The summed E-state index contributed by atoms with van der Waals surface area (Å²) in [5.41, 5.74) is 0.909. The molecule has 4 rings (SSSR count). The Labute approximate surface area is 115 Å². The third-order valence-electron chi connectivity index (χ3n) is 5.13. The second kappa shape index (κ2) is 3.83. The Bertz CT molecular complexity index is 499. The van der Waals surface area contributed by atoms with E-state index >= 15 is 0 Å². The molecular formula is C15H16BrNO. The number of halogens is 1. The Balaban J connectivity index is 1.47.